The van der Waals surface area contributed by atoms with E-state index in [0.29, 0.717) is 6.54 Å². The van der Waals surface area contributed by atoms with E-state index in [1.165, 1.54) is 6.07 Å². The Morgan fingerprint density at radius 2 is 2.08 bits per heavy atom. The summed E-state index contributed by atoms with van der Waals surface area (Å²) in [5.74, 6) is 0.812. The Morgan fingerprint density at radius 1 is 1.35 bits per heavy atom. The van der Waals surface area contributed by atoms with E-state index in [4.69, 9.17) is 5.14 Å². The van der Waals surface area contributed by atoms with Gasteiger partial charge in [-0.2, -0.15) is 0 Å². The maximum Gasteiger partial charge on any atom is 0.238 e. The highest BCUT2D eigenvalue weighted by Crippen LogP contribution is 2.11. The number of nitrogens with zero attached hydrogens (tertiary/aromatic N) is 2. The van der Waals surface area contributed by atoms with Gasteiger partial charge in [0.2, 0.25) is 10.0 Å². The lowest BCUT2D eigenvalue weighted by atomic mass is 10.2. The van der Waals surface area contributed by atoms with Gasteiger partial charge in [0.05, 0.1) is 11.4 Å². The highest BCUT2D eigenvalue weighted by atomic mass is 127. The second-order valence-corrected chi connectivity index (χ2v) is 7.48. The molecule has 0 radical (unpaired) electrons. The van der Waals surface area contributed by atoms with E-state index in [1.807, 2.05) is 26.1 Å². The highest BCUT2D eigenvalue weighted by molar-refractivity contribution is 14.0. The summed E-state index contributed by atoms with van der Waals surface area (Å²) in [5, 5.41) is 8.44. The van der Waals surface area contributed by atoms with Crippen LogP contribution in [0.5, 0.6) is 0 Å². The van der Waals surface area contributed by atoms with Crippen LogP contribution in [0.2, 0.25) is 0 Å². The van der Waals surface area contributed by atoms with Crippen molar-refractivity contribution in [1.29, 1.82) is 0 Å². The lowest BCUT2D eigenvalue weighted by Gasteiger charge is -2.22. The number of hydrogen-bond donors (Lipinski definition) is 2. The molecule has 0 aliphatic heterocycles. The molecule has 0 fully saturated rings. The van der Waals surface area contributed by atoms with Crippen molar-refractivity contribution in [3.63, 3.8) is 0 Å². The predicted molar refractivity (Wildman–Crippen MR) is 119 cm³/mol. The van der Waals surface area contributed by atoms with Gasteiger partial charge in [0.15, 0.2) is 5.96 Å². The second kappa shape index (κ2) is 13.1. The average Bonchev–Trinajstić information content (AvgIpc) is 2.57. The molecule has 0 aliphatic carbocycles. The van der Waals surface area contributed by atoms with E-state index >= 15 is 0 Å². The summed E-state index contributed by atoms with van der Waals surface area (Å²) in [7, 11) is -1.68. The van der Waals surface area contributed by atoms with Crippen molar-refractivity contribution in [3.05, 3.63) is 42.5 Å². The molecule has 0 spiro atoms. The lowest BCUT2D eigenvalue weighted by Crippen LogP contribution is -2.39. The van der Waals surface area contributed by atoms with E-state index in [0.717, 1.165) is 50.3 Å². The van der Waals surface area contributed by atoms with Crippen LogP contribution in [0.1, 0.15) is 38.2 Å². The number of allylic oxidation sites excluding steroid dienone is 1. The number of guanidine groups is 1. The van der Waals surface area contributed by atoms with E-state index in [9.17, 15) is 8.42 Å². The molecule has 0 heterocycles. The van der Waals surface area contributed by atoms with Crippen LogP contribution in [0.15, 0.2) is 46.8 Å². The Kier molecular flexibility index (Phi) is 12.5. The van der Waals surface area contributed by atoms with Gasteiger partial charge in [0.1, 0.15) is 0 Å². The zero-order valence-electron chi connectivity index (χ0n) is 15.6. The fraction of sp³-hybridized carbons (Fsp3) is 0.500. The first-order chi connectivity index (χ1) is 11.9. The van der Waals surface area contributed by atoms with Gasteiger partial charge in [-0.05, 0) is 43.9 Å². The van der Waals surface area contributed by atoms with Crippen molar-refractivity contribution in [2.45, 2.75) is 44.0 Å². The van der Waals surface area contributed by atoms with Crippen LogP contribution >= 0.6 is 24.0 Å². The maximum atomic E-state index is 11.4. The maximum absolute atomic E-state index is 11.4. The van der Waals surface area contributed by atoms with Crippen molar-refractivity contribution in [2.75, 3.05) is 20.1 Å². The highest BCUT2D eigenvalue weighted by Gasteiger charge is 2.09. The molecule has 148 valence electrons. The molecule has 1 aromatic rings. The third kappa shape index (κ3) is 9.54. The molecule has 0 unspecified atom stereocenters. The van der Waals surface area contributed by atoms with Crippen LogP contribution in [0, 0.1) is 0 Å². The Balaban J connectivity index is 0.00000625. The number of sulfonamides is 1. The molecule has 3 N–H and O–H groups in total. The molecule has 0 atom stereocenters. The summed E-state index contributed by atoms with van der Waals surface area (Å²) in [5.41, 5.74) is 0.807. The number of hydrogen-bond acceptors (Lipinski definition) is 3. The minimum Gasteiger partial charge on any atom is -0.357 e. The van der Waals surface area contributed by atoms with Gasteiger partial charge in [-0.25, -0.2) is 18.5 Å². The van der Waals surface area contributed by atoms with Crippen molar-refractivity contribution in [3.8, 4) is 0 Å². The number of nitrogens with one attached hydrogen (secondary N) is 1. The zero-order chi connectivity index (χ0) is 18.7. The first kappa shape index (κ1) is 24.9. The third-order valence-corrected chi connectivity index (χ3v) is 4.65. The van der Waals surface area contributed by atoms with Gasteiger partial charge >= 0.3 is 0 Å². The lowest BCUT2D eigenvalue weighted by molar-refractivity contribution is 0.455. The molecule has 0 amide bonds. The van der Waals surface area contributed by atoms with Gasteiger partial charge in [-0.3, -0.25) is 0 Å². The molecular weight excluding hydrogens is 463 g/mol. The van der Waals surface area contributed by atoms with Crippen molar-refractivity contribution in [2.24, 2.45) is 10.1 Å². The van der Waals surface area contributed by atoms with Crippen molar-refractivity contribution >= 4 is 40.0 Å². The smallest absolute Gasteiger partial charge is 0.238 e. The molecule has 1 rings (SSSR count). The minimum atomic E-state index is -3.69. The number of unbranched alkanes of at least 4 members (excludes halogenated alkanes) is 3. The monoisotopic (exact) mass is 494 g/mol. The summed E-state index contributed by atoms with van der Waals surface area (Å²) < 4.78 is 22.9. The summed E-state index contributed by atoms with van der Waals surface area (Å²) in [6.45, 7) is 7.85. The second-order valence-electron chi connectivity index (χ2n) is 5.92. The number of benzene rings is 1. The topological polar surface area (TPSA) is 87.8 Å². The molecule has 0 saturated carbocycles. The van der Waals surface area contributed by atoms with Gasteiger partial charge in [-0.15, -0.1) is 30.6 Å². The Hall–Kier alpha value is -1.13. The SMILES string of the molecule is C=CCCCCCN(C)C(=NCc1cccc(S(N)(=O)=O)c1)NCC.I. The molecule has 8 heteroatoms. The van der Waals surface area contributed by atoms with E-state index in [2.05, 4.69) is 21.8 Å². The van der Waals surface area contributed by atoms with Gasteiger partial charge < -0.3 is 10.2 Å². The van der Waals surface area contributed by atoms with Crippen molar-refractivity contribution in [1.82, 2.24) is 10.2 Å². The minimum absolute atomic E-state index is 0. The molecule has 6 nitrogen and oxygen atoms in total. The summed E-state index contributed by atoms with van der Waals surface area (Å²) >= 11 is 0. The fourth-order valence-corrected chi connectivity index (χ4v) is 2.96. The molecule has 0 saturated heterocycles. The average molecular weight is 494 g/mol. The van der Waals surface area contributed by atoms with E-state index in [-0.39, 0.29) is 28.9 Å². The van der Waals surface area contributed by atoms with Gasteiger partial charge in [-0.1, -0.05) is 24.6 Å². The first-order valence-corrected chi connectivity index (χ1v) is 10.1. The Morgan fingerprint density at radius 3 is 2.69 bits per heavy atom. The number of halogens is 1. The first-order valence-electron chi connectivity index (χ1n) is 8.60. The number of primary sulfonamides is 1. The van der Waals surface area contributed by atoms with E-state index in [1.54, 1.807) is 12.1 Å². The standard InChI is InChI=1S/C18H30N4O2S.HI/c1-4-6-7-8-9-13-22(3)18(20-5-2)21-15-16-11-10-12-17(14-16)25(19,23)24;/h4,10-12,14H,1,5-9,13,15H2,2-3H3,(H,20,21)(H2,19,23,24);1H. The van der Waals surface area contributed by atoms with Crippen LogP contribution in [0.25, 0.3) is 0 Å². The number of nitrogens with two attached hydrogens (primary N) is 1. The Bertz CT molecular complexity index is 678. The Labute approximate surface area is 175 Å². The van der Waals surface area contributed by atoms with E-state index < -0.39 is 10.0 Å². The molecular formula is C18H31IN4O2S. The molecule has 0 aliphatic rings. The molecule has 26 heavy (non-hydrogen) atoms. The zero-order valence-corrected chi connectivity index (χ0v) is 18.8. The van der Waals surface area contributed by atoms with Crippen LogP contribution in [-0.4, -0.2) is 39.4 Å². The molecule has 0 aromatic heterocycles. The van der Waals surface area contributed by atoms with Crippen molar-refractivity contribution < 1.29 is 8.42 Å². The number of rotatable bonds is 10. The van der Waals surface area contributed by atoms with Gasteiger partial charge in [0, 0.05) is 20.1 Å². The van der Waals surface area contributed by atoms with Crippen LogP contribution in [0.3, 0.4) is 0 Å². The number of aliphatic imine (C=N–C) groups is 1. The molecule has 1 aromatic carbocycles. The summed E-state index contributed by atoms with van der Waals surface area (Å²) in [4.78, 5) is 6.81. The summed E-state index contributed by atoms with van der Waals surface area (Å²) in [6, 6.07) is 6.58. The predicted octanol–water partition coefficient (Wildman–Crippen LogP) is 3.10. The van der Waals surface area contributed by atoms with Crippen LogP contribution < -0.4 is 10.5 Å². The van der Waals surface area contributed by atoms with Gasteiger partial charge in [0.25, 0.3) is 0 Å². The normalized spacial score (nSPS) is 11.6. The molecule has 0 bridgehead atoms. The summed E-state index contributed by atoms with van der Waals surface area (Å²) in [6.07, 6.45) is 6.41. The fourth-order valence-electron chi connectivity index (χ4n) is 2.38. The third-order valence-electron chi connectivity index (χ3n) is 3.74. The quantitative estimate of drug-likeness (QED) is 0.172. The van der Waals surface area contributed by atoms with Crippen LogP contribution in [-0.2, 0) is 16.6 Å². The largest absolute Gasteiger partial charge is 0.357 e. The van der Waals surface area contributed by atoms with Crippen LogP contribution in [0.4, 0.5) is 0 Å².